The van der Waals surface area contributed by atoms with Crippen LogP contribution in [0.15, 0.2) is 60.7 Å². The second-order valence-corrected chi connectivity index (χ2v) is 6.58. The van der Waals surface area contributed by atoms with Crippen molar-refractivity contribution in [1.82, 2.24) is 0 Å². The average Bonchev–Trinajstić information content (AvgIpc) is 2.80. The molecule has 0 spiro atoms. The number of anilines is 1. The normalized spacial score (nSPS) is 9.50. The van der Waals surface area contributed by atoms with Gasteiger partial charge in [0.2, 0.25) is 0 Å². The molecule has 32 heavy (non-hydrogen) atoms. The summed E-state index contributed by atoms with van der Waals surface area (Å²) in [6, 6.07) is 16.1. The van der Waals surface area contributed by atoms with Gasteiger partial charge >= 0.3 is 0 Å². The third kappa shape index (κ3) is 7.34. The van der Waals surface area contributed by atoms with Crippen molar-refractivity contribution >= 4 is 17.4 Å². The Bertz CT molecular complexity index is 1040. The molecule has 4 nitrogen and oxygen atoms in total. The van der Waals surface area contributed by atoms with Crippen molar-refractivity contribution in [2.45, 2.75) is 48.5 Å². The number of Topliss-reactive ketones (excluding diaryl/α,β-unsaturated/α-hetero) is 1. The lowest BCUT2D eigenvalue weighted by Crippen LogP contribution is -2.12. The van der Waals surface area contributed by atoms with E-state index in [9.17, 15) is 14.0 Å². The number of ether oxygens (including phenoxy) is 1. The molecule has 0 radical (unpaired) electrons. The molecule has 0 saturated carbocycles. The zero-order valence-electron chi connectivity index (χ0n) is 19.9. The van der Waals surface area contributed by atoms with Crippen LogP contribution >= 0.6 is 0 Å². The smallest absolute Gasteiger partial charge is 0.255 e. The number of hydrogen-bond acceptors (Lipinski definition) is 3. The van der Waals surface area contributed by atoms with E-state index in [2.05, 4.69) is 5.32 Å². The summed E-state index contributed by atoms with van der Waals surface area (Å²) >= 11 is 0. The van der Waals surface area contributed by atoms with Crippen molar-refractivity contribution < 1.29 is 18.7 Å². The zero-order valence-corrected chi connectivity index (χ0v) is 19.9. The SMILES string of the molecule is CC.CC.CC(=O)c1ccc(Oc2ccc(NC(=O)c3ccc(C)c(C)c3)cc2F)cc1. The van der Waals surface area contributed by atoms with Gasteiger partial charge in [-0.2, -0.15) is 0 Å². The van der Waals surface area contributed by atoms with Gasteiger partial charge < -0.3 is 10.1 Å². The first-order chi connectivity index (χ1) is 15.3. The Kier molecular flexibility index (Phi) is 10.8. The number of nitrogens with one attached hydrogen (secondary N) is 1. The minimum atomic E-state index is -0.603. The van der Waals surface area contributed by atoms with Gasteiger partial charge in [0.15, 0.2) is 17.3 Å². The number of halogens is 1. The number of benzene rings is 3. The van der Waals surface area contributed by atoms with Gasteiger partial charge in [-0.05, 0) is 80.4 Å². The van der Waals surface area contributed by atoms with E-state index < -0.39 is 5.82 Å². The van der Waals surface area contributed by atoms with E-state index in [1.54, 1.807) is 42.5 Å². The molecular weight excluding hydrogens is 405 g/mol. The molecule has 0 saturated heterocycles. The Morgan fingerprint density at radius 3 is 1.91 bits per heavy atom. The first-order valence-corrected chi connectivity index (χ1v) is 10.8. The van der Waals surface area contributed by atoms with Crippen LogP contribution in [0, 0.1) is 19.7 Å². The number of ketones is 1. The van der Waals surface area contributed by atoms with Gasteiger partial charge in [0.05, 0.1) is 0 Å². The number of hydrogen-bond donors (Lipinski definition) is 1. The van der Waals surface area contributed by atoms with Crippen LogP contribution in [0.5, 0.6) is 11.5 Å². The topological polar surface area (TPSA) is 55.4 Å². The quantitative estimate of drug-likeness (QED) is 0.415. The molecule has 1 N–H and O–H groups in total. The van der Waals surface area contributed by atoms with E-state index in [0.717, 1.165) is 11.1 Å². The van der Waals surface area contributed by atoms with Crippen molar-refractivity contribution in [2.75, 3.05) is 5.32 Å². The Balaban J connectivity index is 0.00000121. The fourth-order valence-electron chi connectivity index (χ4n) is 2.63. The molecule has 3 aromatic carbocycles. The maximum absolute atomic E-state index is 14.4. The van der Waals surface area contributed by atoms with Crippen LogP contribution in [0.2, 0.25) is 0 Å². The second kappa shape index (κ2) is 13.1. The standard InChI is InChI=1S/C23H20FNO3.2C2H6/c1-14-4-5-18(12-15(14)2)23(27)25-19-8-11-22(21(24)13-19)28-20-9-6-17(7-10-20)16(3)26;2*1-2/h4-13H,1-3H3,(H,25,27);2*1-2H3. The molecule has 5 heteroatoms. The van der Waals surface area contributed by atoms with Gasteiger partial charge in [0.25, 0.3) is 5.91 Å². The number of carbonyl (C=O) groups is 2. The summed E-state index contributed by atoms with van der Waals surface area (Å²) in [5.41, 5.74) is 3.51. The Morgan fingerprint density at radius 1 is 0.781 bits per heavy atom. The lowest BCUT2D eigenvalue weighted by Gasteiger charge is -2.10. The van der Waals surface area contributed by atoms with E-state index in [1.165, 1.54) is 19.1 Å². The van der Waals surface area contributed by atoms with Crippen LogP contribution in [-0.2, 0) is 0 Å². The van der Waals surface area contributed by atoms with Gasteiger partial charge in [-0.3, -0.25) is 9.59 Å². The third-order valence-corrected chi connectivity index (χ3v) is 4.45. The zero-order chi connectivity index (χ0) is 24.3. The first kappa shape index (κ1) is 26.6. The van der Waals surface area contributed by atoms with Gasteiger partial charge in [0.1, 0.15) is 5.75 Å². The highest BCUT2D eigenvalue weighted by atomic mass is 19.1. The van der Waals surface area contributed by atoms with Crippen LogP contribution in [0.3, 0.4) is 0 Å². The maximum Gasteiger partial charge on any atom is 0.255 e. The van der Waals surface area contributed by atoms with E-state index in [4.69, 9.17) is 4.74 Å². The van der Waals surface area contributed by atoms with Crippen molar-refractivity contribution in [3.05, 3.63) is 88.7 Å². The first-order valence-electron chi connectivity index (χ1n) is 10.8. The maximum atomic E-state index is 14.4. The lowest BCUT2D eigenvalue weighted by molar-refractivity contribution is 0.101. The van der Waals surface area contributed by atoms with Gasteiger partial charge in [-0.15, -0.1) is 0 Å². The van der Waals surface area contributed by atoms with Crippen LogP contribution < -0.4 is 10.1 Å². The fourth-order valence-corrected chi connectivity index (χ4v) is 2.63. The summed E-state index contributed by atoms with van der Waals surface area (Å²) < 4.78 is 19.9. The van der Waals surface area contributed by atoms with Crippen molar-refractivity contribution in [3.63, 3.8) is 0 Å². The molecule has 1 amide bonds. The molecular formula is C27H32FNO3. The summed E-state index contributed by atoms with van der Waals surface area (Å²) in [4.78, 5) is 23.7. The van der Waals surface area contributed by atoms with E-state index in [-0.39, 0.29) is 17.4 Å². The van der Waals surface area contributed by atoms with Crippen LogP contribution in [-0.4, -0.2) is 11.7 Å². The minimum absolute atomic E-state index is 0.0276. The monoisotopic (exact) mass is 437 g/mol. The molecule has 170 valence electrons. The molecule has 0 aliphatic rings. The number of aryl methyl sites for hydroxylation is 2. The second-order valence-electron chi connectivity index (χ2n) is 6.58. The number of rotatable bonds is 5. The molecule has 0 bridgehead atoms. The van der Waals surface area contributed by atoms with Crippen molar-refractivity contribution in [1.29, 1.82) is 0 Å². The Hall–Kier alpha value is -3.47. The highest BCUT2D eigenvalue weighted by Gasteiger charge is 2.11. The third-order valence-electron chi connectivity index (χ3n) is 4.45. The fraction of sp³-hybridized carbons (Fsp3) is 0.259. The van der Waals surface area contributed by atoms with Crippen LogP contribution in [0.4, 0.5) is 10.1 Å². The number of amides is 1. The molecule has 0 aliphatic heterocycles. The molecule has 0 fully saturated rings. The van der Waals surface area contributed by atoms with E-state index in [0.29, 0.717) is 22.6 Å². The van der Waals surface area contributed by atoms with Gasteiger partial charge in [-0.25, -0.2) is 4.39 Å². The largest absolute Gasteiger partial charge is 0.454 e. The molecule has 0 aromatic heterocycles. The summed E-state index contributed by atoms with van der Waals surface area (Å²) in [6.07, 6.45) is 0. The van der Waals surface area contributed by atoms with Crippen molar-refractivity contribution in [3.8, 4) is 11.5 Å². The predicted molar refractivity (Wildman–Crippen MR) is 129 cm³/mol. The Morgan fingerprint density at radius 2 is 1.38 bits per heavy atom. The minimum Gasteiger partial charge on any atom is -0.454 e. The van der Waals surface area contributed by atoms with E-state index >= 15 is 0 Å². The van der Waals surface area contributed by atoms with Gasteiger partial charge in [-0.1, -0.05) is 33.8 Å². The van der Waals surface area contributed by atoms with Crippen LogP contribution in [0.25, 0.3) is 0 Å². The summed E-state index contributed by atoms with van der Waals surface area (Å²) in [6.45, 7) is 13.4. The van der Waals surface area contributed by atoms with E-state index in [1.807, 2.05) is 47.6 Å². The molecule has 0 atom stereocenters. The summed E-state index contributed by atoms with van der Waals surface area (Å²) in [5, 5.41) is 2.68. The summed E-state index contributed by atoms with van der Waals surface area (Å²) in [7, 11) is 0. The highest BCUT2D eigenvalue weighted by Crippen LogP contribution is 2.27. The molecule has 3 aromatic rings. The van der Waals surface area contributed by atoms with Crippen LogP contribution in [0.1, 0.15) is 66.5 Å². The molecule has 0 aliphatic carbocycles. The predicted octanol–water partition coefficient (Wildman–Crippen LogP) is 7.74. The molecule has 0 heterocycles. The highest BCUT2D eigenvalue weighted by molar-refractivity contribution is 6.04. The number of carbonyl (C=O) groups excluding carboxylic acids is 2. The Labute approximate surface area is 190 Å². The summed E-state index contributed by atoms with van der Waals surface area (Å²) in [5.74, 6) is -0.526. The van der Waals surface area contributed by atoms with Gasteiger partial charge in [0, 0.05) is 22.9 Å². The van der Waals surface area contributed by atoms with Crippen molar-refractivity contribution in [2.24, 2.45) is 0 Å². The lowest BCUT2D eigenvalue weighted by atomic mass is 10.1. The molecule has 3 rings (SSSR count). The average molecular weight is 438 g/mol. The molecule has 0 unspecified atom stereocenters.